The average molecular weight is 438 g/mol. The molecular weight excluding hydrogens is 414 g/mol. The van der Waals surface area contributed by atoms with Crippen molar-refractivity contribution in [2.24, 2.45) is 0 Å². The van der Waals surface area contributed by atoms with Crippen molar-refractivity contribution in [1.82, 2.24) is 0 Å². The molecule has 31 heavy (non-hydrogen) atoms. The van der Waals surface area contributed by atoms with Crippen LogP contribution in [0.25, 0.3) is 6.08 Å². The fourth-order valence-corrected chi connectivity index (χ4v) is 3.73. The average Bonchev–Trinajstić information content (AvgIpc) is 3.03. The van der Waals surface area contributed by atoms with E-state index in [0.717, 1.165) is 10.5 Å². The Morgan fingerprint density at radius 3 is 2.23 bits per heavy atom. The number of benzene rings is 2. The summed E-state index contributed by atoms with van der Waals surface area (Å²) in [5.41, 5.74) is 2.67. The zero-order valence-corrected chi connectivity index (χ0v) is 18.6. The highest BCUT2D eigenvalue weighted by atomic mass is 32.2. The van der Waals surface area contributed by atoms with Crippen molar-refractivity contribution in [3.05, 3.63) is 76.5 Å². The van der Waals surface area contributed by atoms with Crippen LogP contribution in [0.3, 0.4) is 0 Å². The molecule has 0 radical (unpaired) electrons. The normalized spacial score (nSPS) is 14.9. The molecule has 0 saturated carbocycles. The number of hydrogen-bond donors (Lipinski definition) is 0. The van der Waals surface area contributed by atoms with Crippen molar-refractivity contribution >= 4 is 41.4 Å². The minimum atomic E-state index is -0.580. The minimum absolute atomic E-state index is 0.218. The third-order valence-corrected chi connectivity index (χ3v) is 5.60. The number of ether oxygens (including phenoxy) is 2. The lowest BCUT2D eigenvalue weighted by atomic mass is 10.0. The summed E-state index contributed by atoms with van der Waals surface area (Å²) in [7, 11) is 1.29. The van der Waals surface area contributed by atoms with Gasteiger partial charge in [-0.1, -0.05) is 12.1 Å². The van der Waals surface area contributed by atoms with Gasteiger partial charge < -0.3 is 9.47 Å². The Morgan fingerprint density at radius 1 is 1.03 bits per heavy atom. The Morgan fingerprint density at radius 2 is 1.68 bits per heavy atom. The summed E-state index contributed by atoms with van der Waals surface area (Å²) in [6, 6.07) is 14.2. The Kier molecular flexibility index (Phi) is 6.97. The Labute approximate surface area is 185 Å². The van der Waals surface area contributed by atoms with E-state index in [4.69, 9.17) is 9.47 Å². The molecule has 0 bridgehead atoms. The van der Waals surface area contributed by atoms with Crippen LogP contribution in [0, 0.1) is 0 Å². The predicted octanol–water partition coefficient (Wildman–Crippen LogP) is 4.46. The first kappa shape index (κ1) is 22.4. The molecule has 0 saturated heterocycles. The maximum atomic E-state index is 13.3. The van der Waals surface area contributed by atoms with Crippen LogP contribution in [0.2, 0.25) is 0 Å². The van der Waals surface area contributed by atoms with Gasteiger partial charge >= 0.3 is 11.9 Å². The number of carbonyl (C=O) groups is 3. The number of rotatable bonds is 6. The fraction of sp³-hybridized carbons (Fsp3) is 0.208. The van der Waals surface area contributed by atoms with Crippen molar-refractivity contribution in [2.45, 2.75) is 18.7 Å². The van der Waals surface area contributed by atoms with Gasteiger partial charge in [-0.15, -0.1) is 11.8 Å². The predicted molar refractivity (Wildman–Crippen MR) is 121 cm³/mol. The monoisotopic (exact) mass is 437 g/mol. The van der Waals surface area contributed by atoms with Crippen LogP contribution in [0.1, 0.15) is 29.8 Å². The molecule has 0 fully saturated rings. The van der Waals surface area contributed by atoms with Crippen LogP contribution in [-0.4, -0.2) is 37.8 Å². The quantitative estimate of drug-likeness (QED) is 0.377. The fourth-order valence-electron chi connectivity index (χ4n) is 3.32. The molecular formula is C24H23NO5S. The van der Waals surface area contributed by atoms with Gasteiger partial charge in [-0.25, -0.2) is 9.59 Å². The van der Waals surface area contributed by atoms with Gasteiger partial charge in [0.2, 0.25) is 0 Å². The van der Waals surface area contributed by atoms with Crippen molar-refractivity contribution in [2.75, 3.05) is 24.9 Å². The van der Waals surface area contributed by atoms with Gasteiger partial charge in [0.1, 0.15) is 0 Å². The zero-order valence-electron chi connectivity index (χ0n) is 17.8. The number of esters is 2. The Balaban J connectivity index is 2.01. The molecule has 7 heteroatoms. The highest BCUT2D eigenvalue weighted by molar-refractivity contribution is 7.98. The van der Waals surface area contributed by atoms with E-state index in [2.05, 4.69) is 0 Å². The first-order valence-electron chi connectivity index (χ1n) is 9.68. The Bertz CT molecular complexity index is 1070. The molecule has 1 amide bonds. The number of carbonyl (C=O) groups excluding carboxylic acids is 3. The van der Waals surface area contributed by atoms with Crippen LogP contribution in [0.5, 0.6) is 0 Å². The molecule has 6 nitrogen and oxygen atoms in total. The zero-order chi connectivity index (χ0) is 22.5. The number of allylic oxidation sites excluding steroid dienone is 1. The summed E-state index contributed by atoms with van der Waals surface area (Å²) in [6.45, 7) is 3.71. The molecule has 0 N–H and O–H groups in total. The molecule has 3 rings (SSSR count). The molecule has 1 aliphatic rings. The van der Waals surface area contributed by atoms with E-state index in [9.17, 15) is 14.4 Å². The number of amides is 1. The second kappa shape index (κ2) is 9.66. The molecule has 1 heterocycles. The van der Waals surface area contributed by atoms with Gasteiger partial charge in [0, 0.05) is 16.3 Å². The van der Waals surface area contributed by atoms with Gasteiger partial charge in [0.25, 0.3) is 5.91 Å². The molecule has 0 aliphatic carbocycles. The number of thioether (sulfide) groups is 1. The van der Waals surface area contributed by atoms with Crippen molar-refractivity contribution in [1.29, 1.82) is 0 Å². The largest absolute Gasteiger partial charge is 0.465 e. The number of anilines is 1. The molecule has 1 aliphatic heterocycles. The lowest BCUT2D eigenvalue weighted by Crippen LogP contribution is -2.24. The Hall–Kier alpha value is -3.32. The van der Waals surface area contributed by atoms with E-state index < -0.39 is 11.9 Å². The van der Waals surface area contributed by atoms with E-state index in [1.165, 1.54) is 12.0 Å². The smallest absolute Gasteiger partial charge is 0.340 e. The molecule has 2 aromatic carbocycles. The molecule has 160 valence electrons. The molecule has 2 aromatic rings. The van der Waals surface area contributed by atoms with E-state index in [0.29, 0.717) is 16.9 Å². The van der Waals surface area contributed by atoms with Crippen LogP contribution in [-0.2, 0) is 19.1 Å². The first-order valence-corrected chi connectivity index (χ1v) is 10.9. The van der Waals surface area contributed by atoms with Gasteiger partial charge in [-0.05, 0) is 68.1 Å². The summed E-state index contributed by atoms with van der Waals surface area (Å²) < 4.78 is 9.94. The molecule has 0 unspecified atom stereocenters. The highest BCUT2D eigenvalue weighted by Gasteiger charge is 2.37. The highest BCUT2D eigenvalue weighted by Crippen LogP contribution is 2.35. The lowest BCUT2D eigenvalue weighted by molar-refractivity contribution is -0.136. The second-order valence-corrected chi connectivity index (χ2v) is 7.57. The molecule has 0 atom stereocenters. The van der Waals surface area contributed by atoms with Crippen molar-refractivity contribution in [3.63, 3.8) is 0 Å². The summed E-state index contributed by atoms with van der Waals surface area (Å²) in [6.07, 6.45) is 3.68. The van der Waals surface area contributed by atoms with E-state index >= 15 is 0 Å². The summed E-state index contributed by atoms with van der Waals surface area (Å²) >= 11 is 1.62. The summed E-state index contributed by atoms with van der Waals surface area (Å²) in [5, 5.41) is 0. The van der Waals surface area contributed by atoms with Crippen LogP contribution < -0.4 is 4.90 Å². The molecule has 0 spiro atoms. The van der Waals surface area contributed by atoms with Crippen molar-refractivity contribution < 1.29 is 23.9 Å². The van der Waals surface area contributed by atoms with Crippen LogP contribution >= 0.6 is 11.8 Å². The first-order chi connectivity index (χ1) is 14.9. The topological polar surface area (TPSA) is 72.9 Å². The summed E-state index contributed by atoms with van der Waals surface area (Å²) in [5.74, 6) is -1.35. The lowest BCUT2D eigenvalue weighted by Gasteiger charge is -2.18. The summed E-state index contributed by atoms with van der Waals surface area (Å²) in [4.78, 5) is 40.3. The van der Waals surface area contributed by atoms with Gasteiger partial charge in [0.15, 0.2) is 0 Å². The van der Waals surface area contributed by atoms with Crippen molar-refractivity contribution in [3.8, 4) is 0 Å². The standard InChI is InChI=1S/C24H23NO5S/c1-5-30-23(27)17-8-10-18(11-9-17)25-15(2)21(24(28)29-3)20(22(25)26)14-16-6-12-19(31-4)13-7-16/h6-14H,5H2,1-4H3/b20-14-. The second-order valence-electron chi connectivity index (χ2n) is 6.69. The van der Waals surface area contributed by atoms with E-state index in [1.807, 2.05) is 30.5 Å². The van der Waals surface area contributed by atoms with Gasteiger partial charge in [-0.2, -0.15) is 0 Å². The minimum Gasteiger partial charge on any atom is -0.465 e. The van der Waals surface area contributed by atoms with E-state index in [-0.39, 0.29) is 23.7 Å². The SMILES string of the molecule is CCOC(=O)c1ccc(N2C(=O)/C(=C\c3ccc(SC)cc3)C(C(=O)OC)=C2C)cc1. The third kappa shape index (κ3) is 4.56. The van der Waals surface area contributed by atoms with Gasteiger partial charge in [0.05, 0.1) is 30.4 Å². The van der Waals surface area contributed by atoms with Crippen LogP contribution in [0.15, 0.2) is 70.3 Å². The number of methoxy groups -OCH3 is 1. The molecule has 0 aromatic heterocycles. The van der Waals surface area contributed by atoms with Gasteiger partial charge in [-0.3, -0.25) is 9.69 Å². The number of hydrogen-bond acceptors (Lipinski definition) is 6. The number of nitrogens with zero attached hydrogens (tertiary/aromatic N) is 1. The maximum absolute atomic E-state index is 13.3. The maximum Gasteiger partial charge on any atom is 0.340 e. The third-order valence-electron chi connectivity index (χ3n) is 4.85. The van der Waals surface area contributed by atoms with E-state index in [1.54, 1.807) is 56.0 Å². The van der Waals surface area contributed by atoms with Crippen LogP contribution in [0.4, 0.5) is 5.69 Å².